The lowest BCUT2D eigenvalue weighted by molar-refractivity contribution is 0.0738. The Kier molecular flexibility index (Phi) is 6.25. The molecule has 0 aromatic heterocycles. The van der Waals surface area contributed by atoms with Gasteiger partial charge in [0.15, 0.2) is 0 Å². The molecule has 1 saturated carbocycles. The van der Waals surface area contributed by atoms with Crippen molar-refractivity contribution in [2.75, 3.05) is 6.54 Å². The van der Waals surface area contributed by atoms with Crippen LogP contribution in [-0.2, 0) is 0 Å². The summed E-state index contributed by atoms with van der Waals surface area (Å²) in [6, 6.07) is 12.7. The molecule has 1 fully saturated rings. The third-order valence-electron chi connectivity index (χ3n) is 4.82. The normalized spacial score (nSPS) is 24.5. The van der Waals surface area contributed by atoms with Crippen molar-refractivity contribution in [1.82, 2.24) is 4.90 Å². The van der Waals surface area contributed by atoms with Gasteiger partial charge in [0.1, 0.15) is 0 Å². The summed E-state index contributed by atoms with van der Waals surface area (Å²) >= 11 is 0. The zero-order valence-electron chi connectivity index (χ0n) is 14.0. The van der Waals surface area contributed by atoms with Gasteiger partial charge >= 0.3 is 0 Å². The van der Waals surface area contributed by atoms with E-state index in [0.29, 0.717) is 24.0 Å². The van der Waals surface area contributed by atoms with Crippen LogP contribution in [0.5, 0.6) is 0 Å². The van der Waals surface area contributed by atoms with Gasteiger partial charge in [-0.05, 0) is 50.1 Å². The molecule has 21 heavy (non-hydrogen) atoms. The second kappa shape index (κ2) is 7.95. The van der Waals surface area contributed by atoms with E-state index in [4.69, 9.17) is 5.73 Å². The number of benzene rings is 1. The first-order valence-corrected chi connectivity index (χ1v) is 8.69. The van der Waals surface area contributed by atoms with E-state index in [2.05, 4.69) is 56.0 Å². The number of nitrogens with zero attached hydrogens (tertiary/aromatic N) is 1. The van der Waals surface area contributed by atoms with Crippen molar-refractivity contribution in [3.8, 4) is 0 Å². The molecular formula is C19H32N2. The fourth-order valence-corrected chi connectivity index (χ4v) is 3.85. The minimum Gasteiger partial charge on any atom is -0.328 e. The summed E-state index contributed by atoms with van der Waals surface area (Å²) in [6.45, 7) is 8.20. The SMILES string of the molecule is CCCN(C1CCC(N)CC1)C(c1ccccc1)C(C)C. The highest BCUT2D eigenvalue weighted by atomic mass is 15.2. The molecule has 0 saturated heterocycles. The van der Waals surface area contributed by atoms with Crippen molar-refractivity contribution < 1.29 is 0 Å². The van der Waals surface area contributed by atoms with E-state index in [-0.39, 0.29) is 0 Å². The first-order chi connectivity index (χ1) is 10.1. The van der Waals surface area contributed by atoms with Gasteiger partial charge in [-0.2, -0.15) is 0 Å². The highest BCUT2D eigenvalue weighted by Gasteiger charge is 2.31. The summed E-state index contributed by atoms with van der Waals surface area (Å²) in [7, 11) is 0. The van der Waals surface area contributed by atoms with E-state index in [1.807, 2.05) is 0 Å². The van der Waals surface area contributed by atoms with Crippen LogP contribution in [0, 0.1) is 5.92 Å². The molecule has 1 atom stereocenters. The molecule has 0 spiro atoms. The molecule has 0 radical (unpaired) electrons. The van der Waals surface area contributed by atoms with Gasteiger partial charge in [-0.1, -0.05) is 51.1 Å². The monoisotopic (exact) mass is 288 g/mol. The van der Waals surface area contributed by atoms with Gasteiger partial charge in [-0.15, -0.1) is 0 Å². The van der Waals surface area contributed by atoms with Crippen molar-refractivity contribution >= 4 is 0 Å². The van der Waals surface area contributed by atoms with Crippen LogP contribution >= 0.6 is 0 Å². The van der Waals surface area contributed by atoms with Gasteiger partial charge in [0.05, 0.1) is 0 Å². The van der Waals surface area contributed by atoms with Crippen LogP contribution in [0.15, 0.2) is 30.3 Å². The number of rotatable bonds is 6. The molecule has 0 bridgehead atoms. The molecule has 2 rings (SSSR count). The second-order valence-corrected chi connectivity index (χ2v) is 6.91. The van der Waals surface area contributed by atoms with Crippen molar-refractivity contribution in [1.29, 1.82) is 0 Å². The zero-order chi connectivity index (χ0) is 15.2. The lowest BCUT2D eigenvalue weighted by Gasteiger charge is -2.43. The molecule has 118 valence electrons. The summed E-state index contributed by atoms with van der Waals surface area (Å²) < 4.78 is 0. The highest BCUT2D eigenvalue weighted by Crippen LogP contribution is 2.34. The summed E-state index contributed by atoms with van der Waals surface area (Å²) in [5, 5.41) is 0. The molecule has 1 aliphatic carbocycles. The Morgan fingerprint density at radius 1 is 1.10 bits per heavy atom. The molecule has 0 amide bonds. The molecule has 1 unspecified atom stereocenters. The van der Waals surface area contributed by atoms with Crippen LogP contribution in [0.3, 0.4) is 0 Å². The van der Waals surface area contributed by atoms with Crippen LogP contribution < -0.4 is 5.73 Å². The highest BCUT2D eigenvalue weighted by molar-refractivity contribution is 5.20. The fraction of sp³-hybridized carbons (Fsp3) is 0.684. The minimum absolute atomic E-state index is 0.430. The molecule has 2 N–H and O–H groups in total. The van der Waals surface area contributed by atoms with Gasteiger partial charge in [0, 0.05) is 18.1 Å². The van der Waals surface area contributed by atoms with Crippen LogP contribution in [0.4, 0.5) is 0 Å². The molecule has 2 heteroatoms. The van der Waals surface area contributed by atoms with Gasteiger partial charge in [-0.3, -0.25) is 4.90 Å². The van der Waals surface area contributed by atoms with E-state index in [9.17, 15) is 0 Å². The molecule has 0 aliphatic heterocycles. The Labute approximate surface area is 130 Å². The first kappa shape index (κ1) is 16.5. The van der Waals surface area contributed by atoms with Crippen molar-refractivity contribution in [3.05, 3.63) is 35.9 Å². The topological polar surface area (TPSA) is 29.3 Å². The standard InChI is InChI=1S/C19H32N2/c1-4-14-21(18-12-10-17(20)11-13-18)19(15(2)3)16-8-6-5-7-9-16/h5-9,15,17-19H,4,10-14,20H2,1-3H3. The third-order valence-corrected chi connectivity index (χ3v) is 4.82. The van der Waals surface area contributed by atoms with Gasteiger partial charge in [0.2, 0.25) is 0 Å². The number of hydrogen-bond donors (Lipinski definition) is 1. The van der Waals surface area contributed by atoms with Crippen LogP contribution in [0.25, 0.3) is 0 Å². The molecule has 2 nitrogen and oxygen atoms in total. The summed E-state index contributed by atoms with van der Waals surface area (Å²) in [4.78, 5) is 2.77. The predicted molar refractivity (Wildman–Crippen MR) is 91.2 cm³/mol. The second-order valence-electron chi connectivity index (χ2n) is 6.91. The maximum atomic E-state index is 6.10. The zero-order valence-corrected chi connectivity index (χ0v) is 14.0. The van der Waals surface area contributed by atoms with Gasteiger partial charge in [0.25, 0.3) is 0 Å². The quantitative estimate of drug-likeness (QED) is 0.842. The van der Waals surface area contributed by atoms with E-state index < -0.39 is 0 Å². The van der Waals surface area contributed by atoms with Crippen molar-refractivity contribution in [2.24, 2.45) is 11.7 Å². The Morgan fingerprint density at radius 2 is 1.71 bits per heavy atom. The fourth-order valence-electron chi connectivity index (χ4n) is 3.85. The average Bonchev–Trinajstić information content (AvgIpc) is 2.48. The lowest BCUT2D eigenvalue weighted by Crippen LogP contribution is -2.44. The van der Waals surface area contributed by atoms with Crippen LogP contribution in [0.2, 0.25) is 0 Å². The van der Waals surface area contributed by atoms with Crippen molar-refractivity contribution in [2.45, 2.75) is 71.0 Å². The van der Waals surface area contributed by atoms with E-state index in [1.54, 1.807) is 0 Å². The molecular weight excluding hydrogens is 256 g/mol. The molecule has 1 aromatic carbocycles. The van der Waals surface area contributed by atoms with Crippen LogP contribution in [-0.4, -0.2) is 23.5 Å². The van der Waals surface area contributed by atoms with E-state index in [1.165, 1.54) is 44.2 Å². The Bertz CT molecular complexity index is 393. The van der Waals surface area contributed by atoms with Crippen LogP contribution in [0.1, 0.15) is 64.5 Å². The third kappa shape index (κ3) is 4.31. The lowest BCUT2D eigenvalue weighted by atomic mass is 9.86. The predicted octanol–water partition coefficient (Wildman–Crippen LogP) is 4.37. The van der Waals surface area contributed by atoms with Crippen molar-refractivity contribution in [3.63, 3.8) is 0 Å². The molecule has 1 aliphatic rings. The maximum Gasteiger partial charge on any atom is 0.0373 e. The average molecular weight is 288 g/mol. The summed E-state index contributed by atoms with van der Waals surface area (Å²) in [5.41, 5.74) is 7.57. The van der Waals surface area contributed by atoms with Gasteiger partial charge in [-0.25, -0.2) is 0 Å². The number of hydrogen-bond acceptors (Lipinski definition) is 2. The summed E-state index contributed by atoms with van der Waals surface area (Å²) in [5.74, 6) is 0.634. The minimum atomic E-state index is 0.430. The molecule has 0 heterocycles. The first-order valence-electron chi connectivity index (χ1n) is 8.69. The number of nitrogens with two attached hydrogens (primary N) is 1. The Balaban J connectivity index is 2.20. The Hall–Kier alpha value is -0.860. The van der Waals surface area contributed by atoms with E-state index >= 15 is 0 Å². The largest absolute Gasteiger partial charge is 0.328 e. The maximum absolute atomic E-state index is 6.10. The summed E-state index contributed by atoms with van der Waals surface area (Å²) in [6.07, 6.45) is 6.11. The van der Waals surface area contributed by atoms with Gasteiger partial charge < -0.3 is 5.73 Å². The Morgan fingerprint density at radius 3 is 2.24 bits per heavy atom. The smallest absolute Gasteiger partial charge is 0.0373 e. The molecule has 1 aromatic rings. The van der Waals surface area contributed by atoms with E-state index in [0.717, 1.165) is 0 Å².